The van der Waals surface area contributed by atoms with Crippen LogP contribution in [-0.4, -0.2) is 27.8 Å². The van der Waals surface area contributed by atoms with E-state index in [-0.39, 0.29) is 5.91 Å². The number of aryl methyl sites for hydroxylation is 3. The smallest absolute Gasteiger partial charge is 0.255 e. The van der Waals surface area contributed by atoms with Crippen LogP contribution in [0.25, 0.3) is 0 Å². The lowest BCUT2D eigenvalue weighted by molar-refractivity contribution is -0.113. The summed E-state index contributed by atoms with van der Waals surface area (Å²) in [6.07, 6.45) is 0. The number of fused-ring (bicyclic) bond motifs is 1. The maximum absolute atomic E-state index is 13.8. The number of nitrogens with zero attached hydrogens (tertiary/aromatic N) is 3. The monoisotopic (exact) mass is 525 g/mol. The predicted octanol–water partition coefficient (Wildman–Crippen LogP) is 6.43. The fourth-order valence-corrected chi connectivity index (χ4v) is 5.45. The highest BCUT2D eigenvalue weighted by molar-refractivity contribution is 7.98. The highest BCUT2D eigenvalue weighted by Crippen LogP contribution is 2.37. The highest BCUT2D eigenvalue weighted by Gasteiger charge is 2.34. The molecule has 3 aromatic carbocycles. The van der Waals surface area contributed by atoms with Gasteiger partial charge in [-0.1, -0.05) is 71.4 Å². The zero-order valence-corrected chi connectivity index (χ0v) is 23.0. The van der Waals surface area contributed by atoms with Crippen molar-refractivity contribution in [3.8, 4) is 5.75 Å². The van der Waals surface area contributed by atoms with Crippen LogP contribution in [0.15, 0.2) is 83.2 Å². The summed E-state index contributed by atoms with van der Waals surface area (Å²) in [5.41, 5.74) is 7.62. The molecule has 1 aliphatic heterocycles. The second-order valence-corrected chi connectivity index (χ2v) is 10.5. The molecule has 0 unspecified atom stereocenters. The first-order chi connectivity index (χ1) is 18.3. The first-order valence-corrected chi connectivity index (χ1v) is 13.5. The lowest BCUT2D eigenvalue weighted by Crippen LogP contribution is -2.31. The van der Waals surface area contributed by atoms with Gasteiger partial charge >= 0.3 is 0 Å². The summed E-state index contributed by atoms with van der Waals surface area (Å²) in [4.78, 5) is 18.5. The van der Waals surface area contributed by atoms with Gasteiger partial charge in [0.15, 0.2) is 0 Å². The number of methoxy groups -OCH3 is 1. The van der Waals surface area contributed by atoms with E-state index in [4.69, 9.17) is 14.8 Å². The number of carbonyl (C=O) groups excluding carboxylic acids is 1. The molecule has 2 N–H and O–H groups in total. The minimum atomic E-state index is -0.455. The van der Waals surface area contributed by atoms with Crippen LogP contribution in [-0.2, 0) is 10.5 Å². The molecule has 0 saturated carbocycles. The molecule has 1 amide bonds. The Morgan fingerprint density at radius 1 is 1.03 bits per heavy atom. The molecular formula is C30H31N5O2S. The Hall–Kier alpha value is -4.04. The lowest BCUT2D eigenvalue weighted by atomic mass is 9.94. The Kier molecular flexibility index (Phi) is 7.24. The van der Waals surface area contributed by atoms with Crippen molar-refractivity contribution in [1.29, 1.82) is 0 Å². The summed E-state index contributed by atoms with van der Waals surface area (Å²) in [6, 6.07) is 21.7. The molecule has 194 valence electrons. The molecule has 0 spiro atoms. The molecule has 0 radical (unpaired) electrons. The van der Waals surface area contributed by atoms with Crippen LogP contribution in [0.3, 0.4) is 0 Å². The standard InChI is InChI=1S/C30H31N5O2S/c1-18-7-6-8-22(16-18)17-38-30-33-29-31-21(4)26(28(36)32-25-14-9-19(2)15-20(25)3)27(35(29)34-30)23-10-12-24(37-5)13-11-23/h6-16,27H,17H2,1-5H3,(H,32,36)(H,31,33,34)/t27-/m0/s1. The van der Waals surface area contributed by atoms with Crippen LogP contribution in [0, 0.1) is 20.8 Å². The van der Waals surface area contributed by atoms with E-state index < -0.39 is 6.04 Å². The number of rotatable bonds is 7. The number of ether oxygens (including phenoxy) is 1. The van der Waals surface area contributed by atoms with E-state index in [2.05, 4.69) is 47.9 Å². The average molecular weight is 526 g/mol. The van der Waals surface area contributed by atoms with E-state index in [1.807, 2.05) is 61.9 Å². The lowest BCUT2D eigenvalue weighted by Gasteiger charge is -2.29. The van der Waals surface area contributed by atoms with Crippen molar-refractivity contribution >= 4 is 29.3 Å². The molecule has 1 aliphatic rings. The fourth-order valence-electron chi connectivity index (χ4n) is 4.67. The van der Waals surface area contributed by atoms with E-state index in [9.17, 15) is 4.79 Å². The third-order valence-electron chi connectivity index (χ3n) is 6.59. The summed E-state index contributed by atoms with van der Waals surface area (Å²) in [5.74, 6) is 1.93. The number of hydrogen-bond donors (Lipinski definition) is 2. The average Bonchev–Trinajstić information content (AvgIpc) is 3.30. The molecule has 1 atom stereocenters. The Balaban J connectivity index is 1.49. The summed E-state index contributed by atoms with van der Waals surface area (Å²) < 4.78 is 7.18. The second-order valence-electron chi connectivity index (χ2n) is 9.55. The second kappa shape index (κ2) is 10.8. The van der Waals surface area contributed by atoms with Crippen molar-refractivity contribution in [2.45, 2.75) is 44.6 Å². The molecule has 38 heavy (non-hydrogen) atoms. The van der Waals surface area contributed by atoms with Gasteiger partial charge in [-0.2, -0.15) is 4.98 Å². The van der Waals surface area contributed by atoms with Gasteiger partial charge in [-0.25, -0.2) is 4.68 Å². The Morgan fingerprint density at radius 3 is 2.50 bits per heavy atom. The minimum Gasteiger partial charge on any atom is -0.497 e. The van der Waals surface area contributed by atoms with Gasteiger partial charge in [0.1, 0.15) is 11.8 Å². The number of aromatic nitrogens is 3. The van der Waals surface area contributed by atoms with Gasteiger partial charge in [-0.15, -0.1) is 5.10 Å². The van der Waals surface area contributed by atoms with Crippen molar-refractivity contribution in [2.24, 2.45) is 0 Å². The van der Waals surface area contributed by atoms with Crippen LogP contribution in [0.5, 0.6) is 5.75 Å². The van der Waals surface area contributed by atoms with Gasteiger partial charge in [0.25, 0.3) is 5.91 Å². The largest absolute Gasteiger partial charge is 0.497 e. The maximum atomic E-state index is 13.8. The van der Waals surface area contributed by atoms with E-state index in [1.165, 1.54) is 11.1 Å². The van der Waals surface area contributed by atoms with Crippen LogP contribution in [0.4, 0.5) is 11.6 Å². The summed E-state index contributed by atoms with van der Waals surface area (Å²) in [5, 5.41) is 11.9. The van der Waals surface area contributed by atoms with E-state index in [1.54, 1.807) is 18.9 Å². The summed E-state index contributed by atoms with van der Waals surface area (Å²) in [6.45, 7) is 8.03. The molecule has 2 heterocycles. The van der Waals surface area contributed by atoms with Crippen molar-refractivity contribution in [3.63, 3.8) is 0 Å². The topological polar surface area (TPSA) is 81.1 Å². The molecule has 0 bridgehead atoms. The van der Waals surface area contributed by atoms with Gasteiger partial charge in [0.2, 0.25) is 11.1 Å². The quantitative estimate of drug-likeness (QED) is 0.271. The Labute approximate surface area is 227 Å². The van der Waals surface area contributed by atoms with Gasteiger partial charge in [-0.3, -0.25) is 4.79 Å². The first-order valence-electron chi connectivity index (χ1n) is 12.5. The zero-order chi connectivity index (χ0) is 26.8. The van der Waals surface area contributed by atoms with Gasteiger partial charge in [0.05, 0.1) is 12.7 Å². The van der Waals surface area contributed by atoms with Crippen LogP contribution in [0.1, 0.15) is 40.8 Å². The van der Waals surface area contributed by atoms with E-state index in [0.717, 1.165) is 39.6 Å². The summed E-state index contributed by atoms with van der Waals surface area (Å²) >= 11 is 1.57. The number of hydrogen-bond acceptors (Lipinski definition) is 6. The predicted molar refractivity (Wildman–Crippen MR) is 153 cm³/mol. The number of anilines is 2. The molecule has 8 heteroatoms. The van der Waals surface area contributed by atoms with Gasteiger partial charge < -0.3 is 15.4 Å². The number of carbonyl (C=O) groups is 1. The van der Waals surface area contributed by atoms with Crippen molar-refractivity contribution in [2.75, 3.05) is 17.7 Å². The molecular weight excluding hydrogens is 494 g/mol. The molecule has 1 aromatic heterocycles. The van der Waals surface area contributed by atoms with Crippen LogP contribution >= 0.6 is 11.8 Å². The fraction of sp³-hybridized carbons (Fsp3) is 0.233. The van der Waals surface area contributed by atoms with E-state index >= 15 is 0 Å². The summed E-state index contributed by atoms with van der Waals surface area (Å²) in [7, 11) is 1.64. The molecule has 5 rings (SSSR count). The minimum absolute atomic E-state index is 0.183. The SMILES string of the molecule is COc1ccc([C@H]2C(C(=O)Nc3ccc(C)cc3C)=C(C)Nc3nc(SCc4cccc(C)c4)nn32)cc1. The maximum Gasteiger partial charge on any atom is 0.255 e. The van der Waals surface area contributed by atoms with Crippen LogP contribution in [0.2, 0.25) is 0 Å². The number of benzene rings is 3. The normalized spacial score (nSPS) is 14.6. The molecule has 4 aromatic rings. The van der Waals surface area contributed by atoms with Crippen molar-refractivity contribution in [3.05, 3.63) is 106 Å². The van der Waals surface area contributed by atoms with Crippen molar-refractivity contribution in [1.82, 2.24) is 14.8 Å². The van der Waals surface area contributed by atoms with Crippen LogP contribution < -0.4 is 15.4 Å². The number of nitrogens with one attached hydrogen (secondary N) is 2. The third kappa shape index (κ3) is 5.31. The van der Waals surface area contributed by atoms with Gasteiger partial charge in [-0.05, 0) is 62.6 Å². The zero-order valence-electron chi connectivity index (χ0n) is 22.2. The number of amides is 1. The number of allylic oxidation sites excluding steroid dienone is 1. The molecule has 0 saturated heterocycles. The Bertz CT molecular complexity index is 1520. The number of thioether (sulfide) groups is 1. The first kappa shape index (κ1) is 25.6. The van der Waals surface area contributed by atoms with Crippen molar-refractivity contribution < 1.29 is 9.53 Å². The van der Waals surface area contributed by atoms with E-state index in [0.29, 0.717) is 16.7 Å². The Morgan fingerprint density at radius 2 is 1.79 bits per heavy atom. The third-order valence-corrected chi connectivity index (χ3v) is 7.50. The molecule has 0 fully saturated rings. The van der Waals surface area contributed by atoms with Gasteiger partial charge in [0, 0.05) is 17.1 Å². The molecule has 7 nitrogen and oxygen atoms in total. The highest BCUT2D eigenvalue weighted by atomic mass is 32.2. The molecule has 0 aliphatic carbocycles.